The monoisotopic (exact) mass is 272 g/mol. The lowest BCUT2D eigenvalue weighted by Crippen LogP contribution is -2.25. The minimum absolute atomic E-state index is 0.354. The van der Waals surface area contributed by atoms with Gasteiger partial charge in [-0.2, -0.15) is 8.42 Å². The third-order valence-electron chi connectivity index (χ3n) is 2.38. The van der Waals surface area contributed by atoms with Crippen LogP contribution in [0.15, 0.2) is 30.3 Å². The van der Waals surface area contributed by atoms with Gasteiger partial charge in [-0.25, -0.2) is 4.79 Å². The second-order valence-electron chi connectivity index (χ2n) is 3.76. The molecule has 0 aliphatic heterocycles. The van der Waals surface area contributed by atoms with Crippen molar-refractivity contribution in [2.45, 2.75) is 25.5 Å². The Labute approximate surface area is 107 Å². The number of para-hydroxylation sites is 1. The maximum absolute atomic E-state index is 11.5. The highest BCUT2D eigenvalue weighted by atomic mass is 32.2. The van der Waals surface area contributed by atoms with Crippen LogP contribution < -0.4 is 4.74 Å². The molecule has 6 heteroatoms. The predicted molar refractivity (Wildman–Crippen MR) is 66.7 cm³/mol. The first-order valence-corrected chi connectivity index (χ1v) is 7.07. The molecular formula is C12H16O5S. The summed E-state index contributed by atoms with van der Waals surface area (Å²) in [4.78, 5) is 11.4. The van der Waals surface area contributed by atoms with Gasteiger partial charge in [0.2, 0.25) is 0 Å². The fourth-order valence-electron chi connectivity index (χ4n) is 1.10. The fourth-order valence-corrected chi connectivity index (χ4v) is 2.00. The largest absolute Gasteiger partial charge is 0.425 e. The summed E-state index contributed by atoms with van der Waals surface area (Å²) in [5.74, 6) is -0.389. The van der Waals surface area contributed by atoms with Crippen molar-refractivity contribution in [1.82, 2.24) is 0 Å². The molecule has 0 saturated heterocycles. The van der Waals surface area contributed by atoms with Crippen molar-refractivity contribution in [3.05, 3.63) is 30.3 Å². The molecule has 0 amide bonds. The van der Waals surface area contributed by atoms with Gasteiger partial charge in [-0.15, -0.1) is 0 Å². The second kappa shape index (κ2) is 6.51. The number of rotatable bonds is 6. The third kappa shape index (κ3) is 4.46. The zero-order valence-electron chi connectivity index (χ0n) is 10.3. The van der Waals surface area contributed by atoms with Crippen LogP contribution in [0.25, 0.3) is 0 Å². The van der Waals surface area contributed by atoms with Crippen molar-refractivity contribution in [3.8, 4) is 5.75 Å². The molecule has 0 aromatic heterocycles. The van der Waals surface area contributed by atoms with E-state index in [0.29, 0.717) is 12.2 Å². The minimum Gasteiger partial charge on any atom is -0.425 e. The Kier molecular flexibility index (Phi) is 5.30. The van der Waals surface area contributed by atoms with Crippen LogP contribution in [0.1, 0.15) is 20.3 Å². The molecular weight excluding hydrogens is 256 g/mol. The normalized spacial score (nSPS) is 13.0. The number of hydrogen-bond donors (Lipinski definition) is 0. The van der Waals surface area contributed by atoms with Crippen molar-refractivity contribution < 1.29 is 22.1 Å². The molecule has 100 valence electrons. The highest BCUT2D eigenvalue weighted by Gasteiger charge is 2.21. The van der Waals surface area contributed by atoms with Gasteiger partial charge < -0.3 is 4.74 Å². The van der Waals surface area contributed by atoms with Crippen LogP contribution in [0.5, 0.6) is 5.75 Å². The van der Waals surface area contributed by atoms with Crippen LogP contribution in [-0.2, 0) is 19.1 Å². The average Bonchev–Trinajstić information content (AvgIpc) is 2.36. The summed E-state index contributed by atoms with van der Waals surface area (Å²) in [6.07, 6.45) is 0.427. The Bertz CT molecular complexity index is 480. The second-order valence-corrected chi connectivity index (χ2v) is 5.79. The minimum atomic E-state index is -3.70. The molecule has 0 bridgehead atoms. The van der Waals surface area contributed by atoms with Gasteiger partial charge in [-0.05, 0) is 25.5 Å². The van der Waals surface area contributed by atoms with Gasteiger partial charge in [0.25, 0.3) is 10.1 Å². The summed E-state index contributed by atoms with van der Waals surface area (Å²) in [5.41, 5.74) is 0. The maximum atomic E-state index is 11.5. The Hall–Kier alpha value is -1.40. The lowest BCUT2D eigenvalue weighted by atomic mass is 10.3. The Morgan fingerprint density at radius 2 is 1.89 bits per heavy atom. The lowest BCUT2D eigenvalue weighted by Gasteiger charge is -2.10. The zero-order chi connectivity index (χ0) is 13.6. The summed E-state index contributed by atoms with van der Waals surface area (Å²) in [5, 5.41) is -0.637. The quantitative estimate of drug-likeness (QED) is 0.448. The molecule has 0 saturated carbocycles. The smallest absolute Gasteiger partial charge is 0.339 e. The van der Waals surface area contributed by atoms with Crippen molar-refractivity contribution >= 4 is 16.1 Å². The van der Waals surface area contributed by atoms with Crippen molar-refractivity contribution in [2.75, 3.05) is 6.61 Å². The molecule has 0 radical (unpaired) electrons. The van der Waals surface area contributed by atoms with Crippen LogP contribution in [0.2, 0.25) is 0 Å². The first-order valence-electron chi connectivity index (χ1n) is 5.59. The van der Waals surface area contributed by atoms with Crippen molar-refractivity contribution in [3.63, 3.8) is 0 Å². The lowest BCUT2D eigenvalue weighted by molar-refractivity contribution is -0.136. The van der Waals surface area contributed by atoms with E-state index in [1.54, 1.807) is 37.3 Å². The number of benzene rings is 1. The Morgan fingerprint density at radius 3 is 2.44 bits per heavy atom. The van der Waals surface area contributed by atoms with Gasteiger partial charge in [-0.1, -0.05) is 25.1 Å². The molecule has 0 N–H and O–H groups in total. The topological polar surface area (TPSA) is 69.7 Å². The SMILES string of the molecule is CCC(C)S(=O)(=O)OCC(=O)Oc1ccccc1. The third-order valence-corrected chi connectivity index (χ3v) is 4.15. The molecule has 1 unspecified atom stereocenters. The molecule has 0 heterocycles. The van der Waals surface area contributed by atoms with Crippen LogP contribution in [0.3, 0.4) is 0 Å². The van der Waals surface area contributed by atoms with Crippen LogP contribution in [-0.4, -0.2) is 26.2 Å². The van der Waals surface area contributed by atoms with Crippen LogP contribution >= 0.6 is 0 Å². The summed E-state index contributed by atoms with van der Waals surface area (Å²) < 4.78 is 32.5. The van der Waals surface area contributed by atoms with Crippen molar-refractivity contribution in [2.24, 2.45) is 0 Å². The molecule has 0 spiro atoms. The van der Waals surface area contributed by atoms with Gasteiger partial charge in [0.05, 0.1) is 5.25 Å². The van der Waals surface area contributed by atoms with Gasteiger partial charge in [-0.3, -0.25) is 4.18 Å². The van der Waals surface area contributed by atoms with Gasteiger partial charge in [0.15, 0.2) is 6.61 Å². The number of ether oxygens (including phenoxy) is 1. The van der Waals surface area contributed by atoms with Gasteiger partial charge >= 0.3 is 5.97 Å². The molecule has 1 aromatic rings. The summed E-state index contributed by atoms with van der Waals surface area (Å²) >= 11 is 0. The van der Waals surface area contributed by atoms with Gasteiger partial charge in [0.1, 0.15) is 5.75 Å². The number of esters is 1. The Morgan fingerprint density at radius 1 is 1.28 bits per heavy atom. The highest BCUT2D eigenvalue weighted by molar-refractivity contribution is 7.87. The summed E-state index contributed by atoms with van der Waals surface area (Å²) in [7, 11) is -3.70. The molecule has 0 aliphatic carbocycles. The molecule has 1 rings (SSSR count). The first kappa shape index (κ1) is 14.7. The van der Waals surface area contributed by atoms with Gasteiger partial charge in [0, 0.05) is 0 Å². The summed E-state index contributed by atoms with van der Waals surface area (Å²) in [6.45, 7) is 2.65. The molecule has 18 heavy (non-hydrogen) atoms. The molecule has 0 fully saturated rings. The summed E-state index contributed by atoms with van der Waals surface area (Å²) in [6, 6.07) is 8.39. The molecule has 1 atom stereocenters. The number of hydrogen-bond acceptors (Lipinski definition) is 5. The molecule has 1 aromatic carbocycles. The molecule has 5 nitrogen and oxygen atoms in total. The first-order chi connectivity index (χ1) is 8.45. The zero-order valence-corrected chi connectivity index (χ0v) is 11.1. The van der Waals surface area contributed by atoms with E-state index in [4.69, 9.17) is 4.74 Å². The van der Waals surface area contributed by atoms with E-state index in [1.807, 2.05) is 0 Å². The fraction of sp³-hybridized carbons (Fsp3) is 0.417. The van der Waals surface area contributed by atoms with E-state index >= 15 is 0 Å². The van der Waals surface area contributed by atoms with E-state index in [1.165, 1.54) is 6.92 Å². The number of carbonyl (C=O) groups excluding carboxylic acids is 1. The predicted octanol–water partition coefficient (Wildman–Crippen LogP) is 1.74. The maximum Gasteiger partial charge on any atom is 0.339 e. The van der Waals surface area contributed by atoms with E-state index in [2.05, 4.69) is 4.18 Å². The van der Waals surface area contributed by atoms with E-state index in [-0.39, 0.29) is 0 Å². The van der Waals surface area contributed by atoms with Crippen molar-refractivity contribution in [1.29, 1.82) is 0 Å². The number of carbonyl (C=O) groups is 1. The van der Waals surface area contributed by atoms with E-state index in [9.17, 15) is 13.2 Å². The highest BCUT2D eigenvalue weighted by Crippen LogP contribution is 2.10. The van der Waals surface area contributed by atoms with E-state index in [0.717, 1.165) is 0 Å². The molecule has 0 aliphatic rings. The standard InChI is InChI=1S/C12H16O5S/c1-3-10(2)18(14,15)16-9-12(13)17-11-7-5-4-6-8-11/h4-8,10H,3,9H2,1-2H3. The van der Waals surface area contributed by atoms with E-state index < -0.39 is 27.9 Å². The average molecular weight is 272 g/mol. The van der Waals surface area contributed by atoms with Crippen LogP contribution in [0.4, 0.5) is 0 Å². The Balaban J connectivity index is 2.48. The van der Waals surface area contributed by atoms with Crippen LogP contribution in [0, 0.1) is 0 Å².